The van der Waals surface area contributed by atoms with Crippen LogP contribution in [0, 0.1) is 11.8 Å². The first-order valence-electron chi connectivity index (χ1n) is 9.29. The number of likely N-dealkylation sites (tertiary alicyclic amines) is 1. The minimum Gasteiger partial charge on any atom is -0.462 e. The van der Waals surface area contributed by atoms with Crippen LogP contribution in [0.1, 0.15) is 50.4 Å². The lowest BCUT2D eigenvalue weighted by Gasteiger charge is -2.32. The molecule has 2 amide bonds. The smallest absolute Gasteiger partial charge is 0.338 e. The first kappa shape index (κ1) is 19.9. The molecule has 1 heterocycles. The van der Waals surface area contributed by atoms with Crippen molar-refractivity contribution in [3.05, 3.63) is 29.8 Å². The lowest BCUT2D eigenvalue weighted by atomic mass is 9.95. The molecule has 142 valence electrons. The number of esters is 1. The summed E-state index contributed by atoms with van der Waals surface area (Å²) in [5.41, 5.74) is 1.12. The molecule has 1 N–H and O–H groups in total. The van der Waals surface area contributed by atoms with Crippen LogP contribution in [-0.2, 0) is 14.3 Å². The van der Waals surface area contributed by atoms with E-state index in [0.717, 1.165) is 6.42 Å². The highest BCUT2D eigenvalue weighted by atomic mass is 16.5. The second-order valence-corrected chi connectivity index (χ2v) is 6.96. The Hall–Kier alpha value is -2.37. The summed E-state index contributed by atoms with van der Waals surface area (Å²) in [6.45, 7) is 7.37. The largest absolute Gasteiger partial charge is 0.462 e. The summed E-state index contributed by atoms with van der Waals surface area (Å²) in [4.78, 5) is 38.1. The van der Waals surface area contributed by atoms with E-state index in [-0.39, 0.29) is 29.6 Å². The Morgan fingerprint density at radius 2 is 1.77 bits per heavy atom. The highest BCUT2D eigenvalue weighted by Crippen LogP contribution is 2.21. The maximum Gasteiger partial charge on any atom is 0.338 e. The van der Waals surface area contributed by atoms with Gasteiger partial charge in [-0.05, 0) is 43.5 Å². The zero-order valence-electron chi connectivity index (χ0n) is 15.8. The number of ether oxygens (including phenoxy) is 1. The fraction of sp³-hybridized carbons (Fsp3) is 0.550. The van der Waals surface area contributed by atoms with Crippen molar-refractivity contribution in [2.75, 3.05) is 25.0 Å². The quantitative estimate of drug-likeness (QED) is 0.791. The van der Waals surface area contributed by atoms with Crippen LogP contribution in [0.5, 0.6) is 0 Å². The molecule has 0 aliphatic carbocycles. The van der Waals surface area contributed by atoms with Gasteiger partial charge in [0, 0.05) is 30.6 Å². The molecule has 6 heteroatoms. The maximum atomic E-state index is 12.4. The summed E-state index contributed by atoms with van der Waals surface area (Å²) in [6.07, 6.45) is 2.12. The summed E-state index contributed by atoms with van der Waals surface area (Å²) < 4.78 is 5.08. The molecule has 1 aromatic rings. The van der Waals surface area contributed by atoms with Crippen molar-refractivity contribution in [3.63, 3.8) is 0 Å². The van der Waals surface area contributed by atoms with Gasteiger partial charge < -0.3 is 15.0 Å². The van der Waals surface area contributed by atoms with Crippen LogP contribution in [0.25, 0.3) is 0 Å². The maximum absolute atomic E-state index is 12.4. The molecule has 1 fully saturated rings. The molecule has 0 bridgehead atoms. The van der Waals surface area contributed by atoms with E-state index in [9.17, 15) is 14.4 Å². The van der Waals surface area contributed by atoms with Crippen molar-refractivity contribution in [3.8, 4) is 0 Å². The monoisotopic (exact) mass is 360 g/mol. The van der Waals surface area contributed by atoms with Gasteiger partial charge in [-0.25, -0.2) is 4.79 Å². The normalized spacial score (nSPS) is 15.0. The molecule has 1 aliphatic heterocycles. The number of anilines is 1. The first-order chi connectivity index (χ1) is 12.4. The Kier molecular flexibility index (Phi) is 7.18. The zero-order valence-corrected chi connectivity index (χ0v) is 15.8. The summed E-state index contributed by atoms with van der Waals surface area (Å²) in [6, 6.07) is 6.71. The molecule has 1 aromatic carbocycles. The van der Waals surface area contributed by atoms with Gasteiger partial charge in [0.25, 0.3) is 0 Å². The van der Waals surface area contributed by atoms with E-state index in [1.165, 1.54) is 0 Å². The molecule has 6 nitrogen and oxygen atoms in total. The van der Waals surface area contributed by atoms with Gasteiger partial charge in [-0.3, -0.25) is 9.59 Å². The third-order valence-corrected chi connectivity index (χ3v) is 4.50. The average molecular weight is 360 g/mol. The van der Waals surface area contributed by atoms with Crippen LogP contribution in [-0.4, -0.2) is 42.4 Å². The molecule has 0 atom stereocenters. The highest BCUT2D eigenvalue weighted by molar-refractivity contribution is 5.94. The van der Waals surface area contributed by atoms with E-state index in [1.807, 2.05) is 25.7 Å². The Labute approximate surface area is 154 Å². The van der Waals surface area contributed by atoms with E-state index in [4.69, 9.17) is 4.74 Å². The van der Waals surface area contributed by atoms with Crippen LogP contribution >= 0.6 is 0 Å². The van der Waals surface area contributed by atoms with Gasteiger partial charge in [0.1, 0.15) is 0 Å². The van der Waals surface area contributed by atoms with Gasteiger partial charge in [0.05, 0.1) is 12.2 Å². The van der Waals surface area contributed by atoms with E-state index in [2.05, 4.69) is 5.32 Å². The molecule has 0 unspecified atom stereocenters. The van der Waals surface area contributed by atoms with E-state index in [1.54, 1.807) is 24.3 Å². The van der Waals surface area contributed by atoms with Crippen LogP contribution in [0.2, 0.25) is 0 Å². The van der Waals surface area contributed by atoms with E-state index in [0.29, 0.717) is 43.8 Å². The number of hydrogen-bond donors (Lipinski definition) is 1. The molecule has 0 saturated carbocycles. The second kappa shape index (κ2) is 9.36. The molecule has 1 aliphatic rings. The predicted octanol–water partition coefficient (Wildman–Crippen LogP) is 3.09. The third kappa shape index (κ3) is 5.31. The Morgan fingerprint density at radius 3 is 2.31 bits per heavy atom. The first-order valence-corrected chi connectivity index (χ1v) is 9.29. The number of carbonyl (C=O) groups is 3. The standard InChI is InChI=1S/C20H28N2O4/c1-4-13-26-20(25)16-5-7-17(8-6-16)21-18(23)15-9-11-22(12-10-15)19(24)14(2)3/h5-8,14-15H,4,9-13H2,1-3H3,(H,21,23). The number of nitrogens with zero attached hydrogens (tertiary/aromatic N) is 1. The molecule has 26 heavy (non-hydrogen) atoms. The molecule has 0 aromatic heterocycles. The lowest BCUT2D eigenvalue weighted by molar-refractivity contribution is -0.137. The Bertz CT molecular complexity index is 632. The van der Waals surface area contributed by atoms with Crippen LogP contribution in [0.3, 0.4) is 0 Å². The van der Waals surface area contributed by atoms with Crippen molar-refractivity contribution < 1.29 is 19.1 Å². The lowest BCUT2D eigenvalue weighted by Crippen LogP contribution is -2.43. The average Bonchev–Trinajstić information content (AvgIpc) is 2.66. The third-order valence-electron chi connectivity index (χ3n) is 4.50. The van der Waals surface area contributed by atoms with Crippen LogP contribution in [0.15, 0.2) is 24.3 Å². The molecule has 0 radical (unpaired) electrons. The number of benzene rings is 1. The van der Waals surface area contributed by atoms with Gasteiger partial charge >= 0.3 is 5.97 Å². The van der Waals surface area contributed by atoms with Gasteiger partial charge in [-0.2, -0.15) is 0 Å². The topological polar surface area (TPSA) is 75.7 Å². The fourth-order valence-electron chi connectivity index (χ4n) is 2.94. The van der Waals surface area contributed by atoms with Crippen molar-refractivity contribution in [1.29, 1.82) is 0 Å². The highest BCUT2D eigenvalue weighted by Gasteiger charge is 2.28. The van der Waals surface area contributed by atoms with Crippen molar-refractivity contribution >= 4 is 23.5 Å². The Morgan fingerprint density at radius 1 is 1.15 bits per heavy atom. The van der Waals surface area contributed by atoms with Gasteiger partial charge in [-0.1, -0.05) is 20.8 Å². The summed E-state index contributed by atoms with van der Waals surface area (Å²) in [5.74, 6) is -0.354. The SMILES string of the molecule is CCCOC(=O)c1ccc(NC(=O)C2CCN(C(=O)C(C)C)CC2)cc1. The van der Waals surface area contributed by atoms with Gasteiger partial charge in [0.15, 0.2) is 0 Å². The Balaban J connectivity index is 1.85. The number of nitrogens with one attached hydrogen (secondary N) is 1. The summed E-state index contributed by atoms with van der Waals surface area (Å²) in [7, 11) is 0. The van der Waals surface area contributed by atoms with Crippen LogP contribution < -0.4 is 5.32 Å². The fourth-order valence-corrected chi connectivity index (χ4v) is 2.94. The van der Waals surface area contributed by atoms with Crippen molar-refractivity contribution in [2.45, 2.75) is 40.0 Å². The molecular formula is C20H28N2O4. The van der Waals surface area contributed by atoms with E-state index < -0.39 is 0 Å². The number of carbonyl (C=O) groups excluding carboxylic acids is 3. The number of piperidine rings is 1. The molecular weight excluding hydrogens is 332 g/mol. The minimum atomic E-state index is -0.355. The summed E-state index contributed by atoms with van der Waals surface area (Å²) in [5, 5.41) is 2.89. The molecule has 1 saturated heterocycles. The molecule has 2 rings (SSSR count). The number of amides is 2. The van der Waals surface area contributed by atoms with E-state index >= 15 is 0 Å². The van der Waals surface area contributed by atoms with Gasteiger partial charge in [-0.15, -0.1) is 0 Å². The van der Waals surface area contributed by atoms with Crippen LogP contribution in [0.4, 0.5) is 5.69 Å². The van der Waals surface area contributed by atoms with Crippen molar-refractivity contribution in [2.24, 2.45) is 11.8 Å². The predicted molar refractivity (Wildman–Crippen MR) is 99.8 cm³/mol. The number of rotatable bonds is 6. The number of hydrogen-bond acceptors (Lipinski definition) is 4. The second-order valence-electron chi connectivity index (χ2n) is 6.96. The zero-order chi connectivity index (χ0) is 19.1. The van der Waals surface area contributed by atoms with Crippen molar-refractivity contribution in [1.82, 2.24) is 4.90 Å². The summed E-state index contributed by atoms with van der Waals surface area (Å²) >= 11 is 0. The molecule has 0 spiro atoms. The minimum absolute atomic E-state index is 0.0112. The van der Waals surface area contributed by atoms with Gasteiger partial charge in [0.2, 0.25) is 11.8 Å².